The van der Waals surface area contributed by atoms with Crippen LogP contribution in [0.2, 0.25) is 0 Å². The monoisotopic (exact) mass is 437 g/mol. The Morgan fingerprint density at radius 1 is 0.871 bits per heavy atom. The van der Waals surface area contributed by atoms with Crippen molar-refractivity contribution in [2.45, 2.75) is 72.3 Å². The van der Waals surface area contributed by atoms with E-state index in [-0.39, 0.29) is 0 Å². The lowest BCUT2D eigenvalue weighted by molar-refractivity contribution is 0.109. The van der Waals surface area contributed by atoms with Gasteiger partial charge in [0.25, 0.3) is 0 Å². The first-order chi connectivity index (χ1) is 14.2. The minimum Gasteiger partial charge on any atom is -0.466 e. The van der Waals surface area contributed by atoms with Gasteiger partial charge in [-0.05, 0) is 84.9 Å². The Kier molecular flexibility index (Phi) is 9.43. The number of nitrogens with two attached hydrogens (primary N) is 1. The van der Waals surface area contributed by atoms with E-state index in [4.69, 9.17) is 19.0 Å². The number of aryl methyl sites for hydroxylation is 3. The summed E-state index contributed by atoms with van der Waals surface area (Å²) >= 11 is 0. The predicted octanol–water partition coefficient (Wildman–Crippen LogP) is 6.62. The minimum absolute atomic E-state index is 0.348. The molecule has 1 atom stereocenters. The molecule has 5 nitrogen and oxygen atoms in total. The molecule has 3 rings (SSSR count). The number of aldehydes is 1. The van der Waals surface area contributed by atoms with E-state index < -0.39 is 17.4 Å². The number of alkyl halides is 2. The van der Waals surface area contributed by atoms with Gasteiger partial charge in [-0.1, -0.05) is 0 Å². The van der Waals surface area contributed by atoms with Crippen LogP contribution >= 0.6 is 0 Å². The lowest BCUT2D eigenvalue weighted by Crippen LogP contribution is -2.30. The van der Waals surface area contributed by atoms with Crippen LogP contribution in [0.1, 0.15) is 73.1 Å². The van der Waals surface area contributed by atoms with Crippen LogP contribution in [-0.2, 0) is 6.42 Å². The molecule has 0 aliphatic carbocycles. The number of halogens is 2. The van der Waals surface area contributed by atoms with Gasteiger partial charge in [-0.25, -0.2) is 8.78 Å². The van der Waals surface area contributed by atoms with Crippen molar-refractivity contribution in [2.24, 2.45) is 5.73 Å². The summed E-state index contributed by atoms with van der Waals surface area (Å²) in [5, 5.41) is 0. The lowest BCUT2D eigenvalue weighted by atomic mass is 10.00. The van der Waals surface area contributed by atoms with E-state index in [1.165, 1.54) is 13.8 Å². The largest absolute Gasteiger partial charge is 0.466 e. The van der Waals surface area contributed by atoms with Gasteiger partial charge in [0.05, 0.1) is 6.04 Å². The van der Waals surface area contributed by atoms with Gasteiger partial charge in [0.1, 0.15) is 40.1 Å². The molecular formula is C24H33F2NO4. The summed E-state index contributed by atoms with van der Waals surface area (Å²) in [4.78, 5) is 9.93. The summed E-state index contributed by atoms with van der Waals surface area (Å²) < 4.78 is 41.6. The van der Waals surface area contributed by atoms with Crippen LogP contribution in [0.25, 0.3) is 0 Å². The summed E-state index contributed by atoms with van der Waals surface area (Å²) in [6, 6.07) is 9.86. The van der Waals surface area contributed by atoms with E-state index >= 15 is 0 Å². The number of rotatable bonds is 5. The molecule has 0 radical (unpaired) electrons. The highest BCUT2D eigenvalue weighted by Gasteiger charge is 2.29. The molecule has 3 aromatic rings. The van der Waals surface area contributed by atoms with Gasteiger partial charge in [-0.2, -0.15) is 0 Å². The molecule has 3 aromatic heterocycles. The molecule has 31 heavy (non-hydrogen) atoms. The highest BCUT2D eigenvalue weighted by atomic mass is 19.1. The maximum absolute atomic E-state index is 13.3. The Balaban J connectivity index is 0.000000237. The molecule has 0 aromatic carbocycles. The number of carbonyl (C=O) groups is 1. The molecule has 0 saturated heterocycles. The summed E-state index contributed by atoms with van der Waals surface area (Å²) in [6.45, 7) is 11.4. The van der Waals surface area contributed by atoms with Crippen LogP contribution in [0.5, 0.6) is 0 Å². The molecule has 3 heterocycles. The number of hydrogen-bond donors (Lipinski definition) is 1. The fourth-order valence-corrected chi connectivity index (χ4v) is 2.47. The highest BCUT2D eigenvalue weighted by Crippen LogP contribution is 2.27. The second kappa shape index (κ2) is 11.1. The fourth-order valence-electron chi connectivity index (χ4n) is 2.47. The quantitative estimate of drug-likeness (QED) is 0.454. The van der Waals surface area contributed by atoms with Crippen molar-refractivity contribution < 1.29 is 26.8 Å². The molecule has 0 saturated carbocycles. The molecular weight excluding hydrogens is 404 g/mol. The molecule has 7 heteroatoms. The van der Waals surface area contributed by atoms with E-state index in [1.54, 1.807) is 52.0 Å². The van der Waals surface area contributed by atoms with E-state index in [9.17, 15) is 13.6 Å². The Morgan fingerprint density at radius 3 is 1.71 bits per heavy atom. The van der Waals surface area contributed by atoms with Crippen LogP contribution in [-0.4, -0.2) is 17.6 Å². The normalized spacial score (nSPS) is 12.3. The van der Waals surface area contributed by atoms with Gasteiger partial charge >= 0.3 is 0 Å². The van der Waals surface area contributed by atoms with Gasteiger partial charge in [-0.3, -0.25) is 4.79 Å². The summed E-state index contributed by atoms with van der Waals surface area (Å²) in [7, 11) is 0. The predicted molar refractivity (Wildman–Crippen MR) is 117 cm³/mol. The SMILES string of the molecule is Cc1ccc(C=O)o1.Cc1ccc(CC(C)(C)F)o1.Cc1ccc([C@H](N)C(C)(C)F)o1. The van der Waals surface area contributed by atoms with Gasteiger partial charge < -0.3 is 19.0 Å². The van der Waals surface area contributed by atoms with Crippen molar-refractivity contribution in [3.63, 3.8) is 0 Å². The lowest BCUT2D eigenvalue weighted by Gasteiger charge is -2.20. The van der Waals surface area contributed by atoms with Crippen molar-refractivity contribution in [3.05, 3.63) is 71.0 Å². The van der Waals surface area contributed by atoms with Crippen LogP contribution in [0, 0.1) is 20.8 Å². The third-order valence-electron chi connectivity index (χ3n) is 4.08. The second-order valence-electron chi connectivity index (χ2n) is 8.46. The maximum Gasteiger partial charge on any atom is 0.185 e. The topological polar surface area (TPSA) is 82.5 Å². The molecule has 0 aliphatic heterocycles. The average Bonchev–Trinajstić information content (AvgIpc) is 3.35. The molecule has 0 unspecified atom stereocenters. The molecule has 0 spiro atoms. The van der Waals surface area contributed by atoms with Crippen LogP contribution in [0.15, 0.2) is 49.6 Å². The first-order valence-corrected chi connectivity index (χ1v) is 9.98. The zero-order chi connectivity index (χ0) is 23.8. The van der Waals surface area contributed by atoms with Gasteiger partial charge in [0.2, 0.25) is 0 Å². The molecule has 0 fully saturated rings. The summed E-state index contributed by atoms with van der Waals surface area (Å²) in [5.41, 5.74) is 3.00. The Morgan fingerprint density at radius 2 is 1.39 bits per heavy atom. The minimum atomic E-state index is -1.44. The number of furan rings is 3. The molecule has 172 valence electrons. The van der Waals surface area contributed by atoms with E-state index in [0.29, 0.717) is 24.2 Å². The van der Waals surface area contributed by atoms with Crippen LogP contribution in [0.4, 0.5) is 8.78 Å². The van der Waals surface area contributed by atoms with E-state index in [0.717, 1.165) is 23.0 Å². The van der Waals surface area contributed by atoms with Gasteiger partial charge in [0, 0.05) is 6.42 Å². The van der Waals surface area contributed by atoms with Crippen molar-refractivity contribution in [3.8, 4) is 0 Å². The number of carbonyl (C=O) groups excluding carboxylic acids is 1. The summed E-state index contributed by atoms with van der Waals surface area (Å²) in [5.74, 6) is 3.97. The zero-order valence-corrected chi connectivity index (χ0v) is 19.3. The molecule has 0 aliphatic rings. The van der Waals surface area contributed by atoms with Gasteiger partial charge in [-0.15, -0.1) is 0 Å². The Labute approximate surface area is 182 Å². The standard InChI is InChI=1S/C9H14FNO.C9H13FO.C6H6O2/c1-6-4-5-7(12-6)8(11)9(2,3)10;1-7-4-5-8(11-7)6-9(2,3)10;1-5-2-3-6(4-7)8-5/h4-5,8H,11H2,1-3H3;4-5H,6H2,1-3H3;2-4H,1H3/t8-;;/m0../s1. The van der Waals surface area contributed by atoms with Gasteiger partial charge in [0.15, 0.2) is 12.0 Å². The highest BCUT2D eigenvalue weighted by molar-refractivity contribution is 5.70. The van der Waals surface area contributed by atoms with Crippen LogP contribution in [0.3, 0.4) is 0 Å². The average molecular weight is 438 g/mol. The van der Waals surface area contributed by atoms with E-state index in [1.807, 2.05) is 19.1 Å². The first kappa shape index (κ1) is 26.4. The third-order valence-corrected chi connectivity index (χ3v) is 4.08. The molecule has 0 amide bonds. The second-order valence-corrected chi connectivity index (χ2v) is 8.46. The molecule has 2 N–H and O–H groups in total. The van der Waals surface area contributed by atoms with Crippen molar-refractivity contribution in [2.75, 3.05) is 0 Å². The zero-order valence-electron chi connectivity index (χ0n) is 19.3. The summed E-state index contributed by atoms with van der Waals surface area (Å²) in [6.07, 6.45) is 1.04. The van der Waals surface area contributed by atoms with Crippen LogP contribution < -0.4 is 5.73 Å². The van der Waals surface area contributed by atoms with Crippen molar-refractivity contribution >= 4 is 6.29 Å². The van der Waals surface area contributed by atoms with Crippen molar-refractivity contribution in [1.29, 1.82) is 0 Å². The van der Waals surface area contributed by atoms with E-state index in [2.05, 4.69) is 0 Å². The molecule has 0 bridgehead atoms. The van der Waals surface area contributed by atoms with Crippen molar-refractivity contribution in [1.82, 2.24) is 0 Å². The Bertz CT molecular complexity index is 926. The number of hydrogen-bond acceptors (Lipinski definition) is 5. The third kappa shape index (κ3) is 10.3. The first-order valence-electron chi connectivity index (χ1n) is 9.98. The maximum atomic E-state index is 13.3. The Hall–Kier alpha value is -2.67. The smallest absolute Gasteiger partial charge is 0.185 e. The fraction of sp³-hybridized carbons (Fsp3) is 0.458.